The molecule has 3 heterocycles. The van der Waals surface area contributed by atoms with Crippen LogP contribution >= 0.6 is 0 Å². The summed E-state index contributed by atoms with van der Waals surface area (Å²) < 4.78 is 12.3. The minimum atomic E-state index is -1.02. The van der Waals surface area contributed by atoms with Crippen LogP contribution in [0.3, 0.4) is 0 Å². The Kier molecular flexibility index (Phi) is 4.17. The first-order valence-electron chi connectivity index (χ1n) is 7.47. The molecular formula is C15H20N2O5. The fourth-order valence-electron chi connectivity index (χ4n) is 3.30. The normalized spacial score (nSPS) is 21.0. The molecule has 1 amide bonds. The molecule has 0 aromatic carbocycles. The van der Waals surface area contributed by atoms with E-state index in [9.17, 15) is 14.7 Å². The number of aromatic carboxylic acids is 1. The molecule has 3 rings (SSSR count). The summed E-state index contributed by atoms with van der Waals surface area (Å²) in [7, 11) is 1.62. The van der Waals surface area contributed by atoms with E-state index < -0.39 is 5.97 Å². The number of nitrogens with zero attached hydrogens (tertiary/aromatic N) is 2. The van der Waals surface area contributed by atoms with Crippen molar-refractivity contribution in [1.82, 2.24) is 9.47 Å². The largest absolute Gasteiger partial charge is 0.478 e. The highest BCUT2D eigenvalue weighted by Gasteiger charge is 2.33. The van der Waals surface area contributed by atoms with Crippen LogP contribution in [-0.2, 0) is 22.6 Å². The van der Waals surface area contributed by atoms with Crippen LogP contribution in [-0.4, -0.2) is 59.4 Å². The van der Waals surface area contributed by atoms with Gasteiger partial charge in [-0.25, -0.2) is 4.79 Å². The molecule has 120 valence electrons. The summed E-state index contributed by atoms with van der Waals surface area (Å²) in [4.78, 5) is 26.0. The van der Waals surface area contributed by atoms with E-state index in [1.165, 1.54) is 6.07 Å². The Balaban J connectivity index is 1.94. The number of rotatable bonds is 4. The van der Waals surface area contributed by atoms with Gasteiger partial charge < -0.3 is 24.0 Å². The van der Waals surface area contributed by atoms with Gasteiger partial charge in [0.2, 0.25) is 0 Å². The summed E-state index contributed by atoms with van der Waals surface area (Å²) in [6.45, 7) is 2.42. The summed E-state index contributed by atoms with van der Waals surface area (Å²) in [5, 5.41) is 9.32. The molecule has 0 saturated carbocycles. The smallest absolute Gasteiger partial charge is 0.337 e. The highest BCUT2D eigenvalue weighted by Crippen LogP contribution is 2.25. The van der Waals surface area contributed by atoms with Crippen molar-refractivity contribution in [2.24, 2.45) is 0 Å². The van der Waals surface area contributed by atoms with Crippen molar-refractivity contribution in [3.8, 4) is 0 Å². The van der Waals surface area contributed by atoms with Crippen molar-refractivity contribution in [2.45, 2.75) is 32.0 Å². The summed E-state index contributed by atoms with van der Waals surface area (Å²) in [6, 6.07) is 1.55. The lowest BCUT2D eigenvalue weighted by Crippen LogP contribution is -2.39. The number of aromatic nitrogens is 1. The average molecular weight is 308 g/mol. The predicted octanol–water partition coefficient (Wildman–Crippen LogP) is 0.968. The van der Waals surface area contributed by atoms with Gasteiger partial charge in [0, 0.05) is 20.2 Å². The molecule has 22 heavy (non-hydrogen) atoms. The maximum atomic E-state index is 12.9. The molecule has 0 radical (unpaired) electrons. The van der Waals surface area contributed by atoms with Crippen molar-refractivity contribution in [1.29, 1.82) is 0 Å². The molecule has 2 aliphatic heterocycles. The Morgan fingerprint density at radius 2 is 2.27 bits per heavy atom. The highest BCUT2D eigenvalue weighted by atomic mass is 16.5. The second kappa shape index (κ2) is 6.10. The molecule has 1 saturated heterocycles. The second-order valence-electron chi connectivity index (χ2n) is 5.65. The Bertz CT molecular complexity index is 595. The van der Waals surface area contributed by atoms with Crippen LogP contribution in [0.2, 0.25) is 0 Å². The fourth-order valence-corrected chi connectivity index (χ4v) is 3.30. The van der Waals surface area contributed by atoms with E-state index in [2.05, 4.69) is 0 Å². The van der Waals surface area contributed by atoms with Gasteiger partial charge in [-0.15, -0.1) is 0 Å². The van der Waals surface area contributed by atoms with Gasteiger partial charge in [0.25, 0.3) is 5.91 Å². The Morgan fingerprint density at radius 1 is 1.45 bits per heavy atom. The van der Waals surface area contributed by atoms with Gasteiger partial charge >= 0.3 is 5.97 Å². The molecule has 1 aromatic heterocycles. The fraction of sp³-hybridized carbons (Fsp3) is 0.600. The van der Waals surface area contributed by atoms with Crippen LogP contribution in [0.1, 0.15) is 39.4 Å². The van der Waals surface area contributed by atoms with E-state index in [0.29, 0.717) is 37.7 Å². The molecular weight excluding hydrogens is 288 g/mol. The van der Waals surface area contributed by atoms with Crippen LogP contribution < -0.4 is 0 Å². The number of fused-ring (bicyclic) bond motifs is 1. The summed E-state index contributed by atoms with van der Waals surface area (Å²) in [6.07, 6.45) is 1.87. The minimum absolute atomic E-state index is 0.0665. The summed E-state index contributed by atoms with van der Waals surface area (Å²) >= 11 is 0. The van der Waals surface area contributed by atoms with Gasteiger partial charge in [0.05, 0.1) is 37.1 Å². The maximum Gasteiger partial charge on any atom is 0.337 e. The van der Waals surface area contributed by atoms with Crippen molar-refractivity contribution >= 4 is 11.9 Å². The lowest BCUT2D eigenvalue weighted by atomic mass is 10.2. The van der Waals surface area contributed by atoms with E-state index in [0.717, 1.165) is 12.8 Å². The number of ether oxygens (including phenoxy) is 2. The van der Waals surface area contributed by atoms with Gasteiger partial charge in [0.15, 0.2) is 0 Å². The molecule has 1 fully saturated rings. The molecule has 7 nitrogen and oxygen atoms in total. The topological polar surface area (TPSA) is 81.0 Å². The number of carbonyl (C=O) groups is 2. The zero-order chi connectivity index (χ0) is 15.7. The number of carbonyl (C=O) groups excluding carboxylic acids is 1. The van der Waals surface area contributed by atoms with Crippen LogP contribution in [0.15, 0.2) is 6.07 Å². The molecule has 0 unspecified atom stereocenters. The number of carboxylic acid groups (broad SMARTS) is 1. The van der Waals surface area contributed by atoms with E-state index in [4.69, 9.17) is 9.47 Å². The van der Waals surface area contributed by atoms with Crippen LogP contribution in [0.25, 0.3) is 0 Å². The Morgan fingerprint density at radius 3 is 3.00 bits per heavy atom. The first-order chi connectivity index (χ1) is 10.6. The third kappa shape index (κ3) is 2.50. The molecule has 0 bridgehead atoms. The first-order valence-corrected chi connectivity index (χ1v) is 7.47. The number of methoxy groups -OCH3 is 1. The number of hydrogen-bond donors (Lipinski definition) is 1. The van der Waals surface area contributed by atoms with Crippen LogP contribution in [0.4, 0.5) is 0 Å². The van der Waals surface area contributed by atoms with Crippen molar-refractivity contribution < 1.29 is 24.2 Å². The maximum absolute atomic E-state index is 12.9. The standard InChI is InChI=1S/C15H20N2O5/c1-21-8-10-3-2-4-16(10)14(18)12-7-11(15(19)20)13-9-22-6-5-17(12)13/h7,10H,2-6,8-9H2,1H3,(H,19,20)/t10-/m1/s1. The van der Waals surface area contributed by atoms with Gasteiger partial charge in [-0.3, -0.25) is 4.79 Å². The molecule has 1 atom stereocenters. The van der Waals surface area contributed by atoms with Crippen molar-refractivity contribution in [2.75, 3.05) is 26.9 Å². The first kappa shape index (κ1) is 15.1. The zero-order valence-electron chi connectivity index (χ0n) is 12.6. The van der Waals surface area contributed by atoms with E-state index in [1.807, 2.05) is 0 Å². The van der Waals surface area contributed by atoms with E-state index >= 15 is 0 Å². The van der Waals surface area contributed by atoms with Crippen LogP contribution in [0.5, 0.6) is 0 Å². The second-order valence-corrected chi connectivity index (χ2v) is 5.65. The average Bonchev–Trinajstić information content (AvgIpc) is 3.11. The number of hydrogen-bond acceptors (Lipinski definition) is 4. The third-order valence-electron chi connectivity index (χ3n) is 4.35. The Hall–Kier alpha value is -1.86. The van der Waals surface area contributed by atoms with Crippen molar-refractivity contribution in [3.63, 3.8) is 0 Å². The lowest BCUT2D eigenvalue weighted by Gasteiger charge is -2.26. The molecule has 2 aliphatic rings. The molecule has 1 N–H and O–H groups in total. The van der Waals surface area contributed by atoms with Gasteiger partial charge in [-0.2, -0.15) is 0 Å². The van der Waals surface area contributed by atoms with E-state index in [1.54, 1.807) is 16.6 Å². The number of carboxylic acids is 1. The molecule has 0 spiro atoms. The minimum Gasteiger partial charge on any atom is -0.478 e. The SMILES string of the molecule is COC[C@H]1CCCN1C(=O)c1cc(C(=O)O)c2n1CCOC2. The zero-order valence-corrected chi connectivity index (χ0v) is 12.6. The highest BCUT2D eigenvalue weighted by molar-refractivity contribution is 5.98. The molecule has 1 aromatic rings. The monoisotopic (exact) mass is 308 g/mol. The molecule has 0 aliphatic carbocycles. The van der Waals surface area contributed by atoms with Gasteiger partial charge in [-0.1, -0.05) is 0 Å². The predicted molar refractivity (Wildman–Crippen MR) is 77.0 cm³/mol. The third-order valence-corrected chi connectivity index (χ3v) is 4.35. The number of amides is 1. The summed E-state index contributed by atoms with van der Waals surface area (Å²) in [5.41, 5.74) is 1.17. The Labute approximate surface area is 128 Å². The van der Waals surface area contributed by atoms with Gasteiger partial charge in [0.1, 0.15) is 5.69 Å². The quantitative estimate of drug-likeness (QED) is 0.896. The lowest BCUT2D eigenvalue weighted by molar-refractivity contribution is 0.0584. The van der Waals surface area contributed by atoms with Gasteiger partial charge in [-0.05, 0) is 18.9 Å². The summed E-state index contributed by atoms with van der Waals surface area (Å²) in [5.74, 6) is -1.14. The van der Waals surface area contributed by atoms with Crippen molar-refractivity contribution in [3.05, 3.63) is 23.0 Å². The molecule has 7 heteroatoms. The van der Waals surface area contributed by atoms with Crippen LogP contribution in [0, 0.1) is 0 Å². The van der Waals surface area contributed by atoms with E-state index in [-0.39, 0.29) is 24.1 Å². The number of likely N-dealkylation sites (tertiary alicyclic amines) is 1.